The molecule has 0 amide bonds. The molecule has 0 aliphatic rings. The monoisotopic (exact) mass is 279 g/mol. The van der Waals surface area contributed by atoms with E-state index < -0.39 is 15.8 Å². The van der Waals surface area contributed by atoms with Crippen molar-refractivity contribution in [1.82, 2.24) is 4.72 Å². The normalized spacial score (nSPS) is 13.6. The Bertz CT molecular complexity index is 447. The van der Waals surface area contributed by atoms with Gasteiger partial charge < -0.3 is 0 Å². The molecule has 6 heteroatoms. The van der Waals surface area contributed by atoms with Crippen molar-refractivity contribution in [2.24, 2.45) is 0 Å². The fraction of sp³-hybridized carbons (Fsp3) is 0.455. The Morgan fingerprint density at radius 1 is 1.35 bits per heavy atom. The lowest BCUT2D eigenvalue weighted by Crippen LogP contribution is -2.34. The summed E-state index contributed by atoms with van der Waals surface area (Å²) in [6, 6.07) is 4.53. The van der Waals surface area contributed by atoms with Crippen LogP contribution in [0, 0.1) is 5.82 Å². The third-order valence-corrected chi connectivity index (χ3v) is 4.15. The van der Waals surface area contributed by atoms with Gasteiger partial charge in [0.1, 0.15) is 5.82 Å². The van der Waals surface area contributed by atoms with Gasteiger partial charge in [0.25, 0.3) is 0 Å². The van der Waals surface area contributed by atoms with Crippen LogP contribution in [0.25, 0.3) is 0 Å². The van der Waals surface area contributed by atoms with Gasteiger partial charge in [-0.3, -0.25) is 0 Å². The number of alkyl halides is 1. The zero-order chi connectivity index (χ0) is 12.9. The van der Waals surface area contributed by atoms with Crippen LogP contribution in [0.1, 0.15) is 19.8 Å². The van der Waals surface area contributed by atoms with Crippen molar-refractivity contribution in [1.29, 1.82) is 0 Å². The van der Waals surface area contributed by atoms with Crippen LogP contribution < -0.4 is 4.72 Å². The van der Waals surface area contributed by atoms with Gasteiger partial charge in [-0.1, -0.05) is 6.92 Å². The second-order valence-corrected chi connectivity index (χ2v) is 5.75. The van der Waals surface area contributed by atoms with Crippen molar-refractivity contribution in [3.63, 3.8) is 0 Å². The molecule has 0 spiro atoms. The minimum absolute atomic E-state index is 0.0620. The largest absolute Gasteiger partial charge is 0.240 e. The van der Waals surface area contributed by atoms with Crippen LogP contribution in [0.15, 0.2) is 29.2 Å². The highest BCUT2D eigenvalue weighted by Gasteiger charge is 2.18. The zero-order valence-electron chi connectivity index (χ0n) is 9.49. The quantitative estimate of drug-likeness (QED) is 0.814. The van der Waals surface area contributed by atoms with Crippen molar-refractivity contribution in [2.75, 3.05) is 5.88 Å². The topological polar surface area (TPSA) is 46.2 Å². The van der Waals surface area contributed by atoms with Crippen LogP contribution in [0.3, 0.4) is 0 Å². The van der Waals surface area contributed by atoms with E-state index in [-0.39, 0.29) is 10.9 Å². The molecule has 0 bridgehead atoms. The number of halogens is 2. The number of nitrogens with one attached hydrogen (secondary N) is 1. The molecule has 0 saturated heterocycles. The molecule has 0 fully saturated rings. The average molecular weight is 280 g/mol. The zero-order valence-corrected chi connectivity index (χ0v) is 11.1. The van der Waals surface area contributed by atoms with Crippen LogP contribution >= 0.6 is 11.6 Å². The molecule has 0 aliphatic heterocycles. The first-order chi connectivity index (χ1) is 7.99. The highest BCUT2D eigenvalue weighted by Crippen LogP contribution is 2.12. The van der Waals surface area contributed by atoms with Gasteiger partial charge in [0.15, 0.2) is 0 Å². The Morgan fingerprint density at radius 3 is 2.41 bits per heavy atom. The Kier molecular flexibility index (Phi) is 5.36. The summed E-state index contributed by atoms with van der Waals surface area (Å²) in [5, 5.41) is 0. The third kappa shape index (κ3) is 4.26. The molecule has 1 aromatic carbocycles. The number of hydrogen-bond donors (Lipinski definition) is 1. The molecule has 17 heavy (non-hydrogen) atoms. The van der Waals surface area contributed by atoms with E-state index in [0.717, 1.165) is 12.1 Å². The highest BCUT2D eigenvalue weighted by atomic mass is 35.5. The molecule has 1 atom stereocenters. The van der Waals surface area contributed by atoms with Crippen LogP contribution in [-0.2, 0) is 10.0 Å². The van der Waals surface area contributed by atoms with Gasteiger partial charge >= 0.3 is 0 Å². The van der Waals surface area contributed by atoms with Crippen molar-refractivity contribution >= 4 is 21.6 Å². The minimum Gasteiger partial charge on any atom is -0.208 e. The summed E-state index contributed by atoms with van der Waals surface area (Å²) >= 11 is 5.59. The molecular formula is C11H15ClFNO2S. The molecule has 0 aliphatic carbocycles. The van der Waals surface area contributed by atoms with Gasteiger partial charge in [-0.2, -0.15) is 0 Å². The molecule has 0 heterocycles. The fourth-order valence-electron chi connectivity index (χ4n) is 1.38. The van der Waals surface area contributed by atoms with E-state index in [1.54, 1.807) is 0 Å². The number of rotatable bonds is 6. The van der Waals surface area contributed by atoms with Gasteiger partial charge in [-0.05, 0) is 37.1 Å². The highest BCUT2D eigenvalue weighted by molar-refractivity contribution is 7.89. The summed E-state index contributed by atoms with van der Waals surface area (Å²) in [4.78, 5) is 0.0620. The maximum absolute atomic E-state index is 12.7. The van der Waals surface area contributed by atoms with Crippen molar-refractivity contribution < 1.29 is 12.8 Å². The van der Waals surface area contributed by atoms with Gasteiger partial charge in [-0.15, -0.1) is 11.6 Å². The summed E-state index contributed by atoms with van der Waals surface area (Å²) in [6.45, 7) is 1.88. The Balaban J connectivity index is 2.84. The molecule has 1 aromatic rings. The summed E-state index contributed by atoms with van der Waals surface area (Å²) in [7, 11) is -3.59. The van der Waals surface area contributed by atoms with E-state index in [0.29, 0.717) is 18.7 Å². The Hall–Kier alpha value is -0.650. The lowest BCUT2D eigenvalue weighted by Gasteiger charge is -2.15. The van der Waals surface area contributed by atoms with Crippen LogP contribution in [0.4, 0.5) is 4.39 Å². The molecule has 0 radical (unpaired) electrons. The first kappa shape index (κ1) is 14.4. The van der Waals surface area contributed by atoms with Gasteiger partial charge in [0.2, 0.25) is 10.0 Å². The molecule has 1 N–H and O–H groups in total. The maximum atomic E-state index is 12.7. The van der Waals surface area contributed by atoms with Crippen molar-refractivity contribution in [2.45, 2.75) is 30.7 Å². The van der Waals surface area contributed by atoms with Crippen molar-refractivity contribution in [3.8, 4) is 0 Å². The van der Waals surface area contributed by atoms with Crippen LogP contribution in [0.2, 0.25) is 0 Å². The predicted octanol–water partition coefficient (Wildman–Crippen LogP) is 2.51. The van der Waals surface area contributed by atoms with E-state index in [1.165, 1.54) is 12.1 Å². The summed E-state index contributed by atoms with van der Waals surface area (Å²) < 4.78 is 39.1. The third-order valence-electron chi connectivity index (χ3n) is 2.40. The lowest BCUT2D eigenvalue weighted by atomic mass is 10.2. The first-order valence-corrected chi connectivity index (χ1v) is 7.35. The minimum atomic E-state index is -3.59. The lowest BCUT2D eigenvalue weighted by molar-refractivity contribution is 0.531. The van der Waals surface area contributed by atoms with E-state index >= 15 is 0 Å². The predicted molar refractivity (Wildman–Crippen MR) is 66.1 cm³/mol. The number of sulfonamides is 1. The molecule has 1 rings (SSSR count). The van der Waals surface area contributed by atoms with E-state index in [4.69, 9.17) is 11.6 Å². The molecule has 96 valence electrons. The van der Waals surface area contributed by atoms with Gasteiger partial charge in [0, 0.05) is 11.9 Å². The molecule has 0 aromatic heterocycles. The average Bonchev–Trinajstić information content (AvgIpc) is 2.28. The summed E-state index contributed by atoms with van der Waals surface area (Å²) in [5.74, 6) is -0.0680. The Morgan fingerprint density at radius 2 is 1.94 bits per heavy atom. The fourth-order valence-corrected chi connectivity index (χ4v) is 3.00. The van der Waals surface area contributed by atoms with E-state index in [9.17, 15) is 12.8 Å². The van der Waals surface area contributed by atoms with E-state index in [2.05, 4.69) is 4.72 Å². The SMILES string of the molecule is CCC(CCCl)NS(=O)(=O)c1ccc(F)cc1. The van der Waals surface area contributed by atoms with Gasteiger partial charge in [-0.25, -0.2) is 17.5 Å². The standard InChI is InChI=1S/C11H15ClFNO2S/c1-2-10(7-8-12)14-17(15,16)11-5-3-9(13)4-6-11/h3-6,10,14H,2,7-8H2,1H3. The van der Waals surface area contributed by atoms with Crippen molar-refractivity contribution in [3.05, 3.63) is 30.1 Å². The van der Waals surface area contributed by atoms with E-state index in [1.807, 2.05) is 6.92 Å². The first-order valence-electron chi connectivity index (χ1n) is 5.33. The molecule has 1 unspecified atom stereocenters. The smallest absolute Gasteiger partial charge is 0.208 e. The summed E-state index contributed by atoms with van der Waals surface area (Å²) in [5.41, 5.74) is 0. The molecular weight excluding hydrogens is 265 g/mol. The number of hydrogen-bond acceptors (Lipinski definition) is 2. The Labute approximate surface area is 106 Å². The summed E-state index contributed by atoms with van der Waals surface area (Å²) in [6.07, 6.45) is 1.23. The second kappa shape index (κ2) is 6.33. The molecule has 0 saturated carbocycles. The van der Waals surface area contributed by atoms with Crippen LogP contribution in [0.5, 0.6) is 0 Å². The number of benzene rings is 1. The van der Waals surface area contributed by atoms with Crippen LogP contribution in [-0.4, -0.2) is 20.3 Å². The van der Waals surface area contributed by atoms with Gasteiger partial charge in [0.05, 0.1) is 4.90 Å². The molecule has 3 nitrogen and oxygen atoms in total. The maximum Gasteiger partial charge on any atom is 0.240 e. The second-order valence-electron chi connectivity index (χ2n) is 3.66.